The highest BCUT2D eigenvalue weighted by Gasteiger charge is 2.28. The highest BCUT2D eigenvalue weighted by molar-refractivity contribution is 5.31. The number of rotatable bonds is 17. The molecular formula is C26H46O. The fourth-order valence-electron chi connectivity index (χ4n) is 4.54. The first-order chi connectivity index (χ1) is 13.2. The molecule has 0 unspecified atom stereocenters. The van der Waals surface area contributed by atoms with Crippen LogP contribution in [-0.4, -0.2) is 5.11 Å². The van der Waals surface area contributed by atoms with Gasteiger partial charge in [-0.1, -0.05) is 103 Å². The minimum atomic E-state index is 0.470. The summed E-state index contributed by atoms with van der Waals surface area (Å²) in [6.45, 7) is 6.96. The summed E-state index contributed by atoms with van der Waals surface area (Å²) in [6, 6.07) is 7.85. The number of benzene rings is 1. The Morgan fingerprint density at radius 1 is 0.630 bits per heavy atom. The SMILES string of the molecule is CCCCCC(CCCCC)(CCCCC)CCCCc1ccccc1O. The summed E-state index contributed by atoms with van der Waals surface area (Å²) in [5.41, 5.74) is 1.70. The topological polar surface area (TPSA) is 20.2 Å². The molecule has 0 aromatic heterocycles. The van der Waals surface area contributed by atoms with Gasteiger partial charge in [0, 0.05) is 0 Å². The molecule has 156 valence electrons. The summed E-state index contributed by atoms with van der Waals surface area (Å²) in [5.74, 6) is 0.470. The molecule has 0 heterocycles. The lowest BCUT2D eigenvalue weighted by Gasteiger charge is -2.35. The van der Waals surface area contributed by atoms with Crippen LogP contribution in [0.5, 0.6) is 5.75 Å². The zero-order valence-corrected chi connectivity index (χ0v) is 18.6. The first-order valence-corrected chi connectivity index (χ1v) is 11.9. The van der Waals surface area contributed by atoms with Crippen molar-refractivity contribution in [2.75, 3.05) is 0 Å². The van der Waals surface area contributed by atoms with Gasteiger partial charge in [0.2, 0.25) is 0 Å². The Hall–Kier alpha value is -0.980. The minimum Gasteiger partial charge on any atom is -0.508 e. The fraction of sp³-hybridized carbons (Fsp3) is 0.769. The van der Waals surface area contributed by atoms with E-state index in [1.165, 1.54) is 96.3 Å². The number of hydrogen-bond donors (Lipinski definition) is 1. The van der Waals surface area contributed by atoms with Crippen LogP contribution in [0.25, 0.3) is 0 Å². The maximum Gasteiger partial charge on any atom is 0.118 e. The molecule has 0 aliphatic carbocycles. The Kier molecular flexibility index (Phi) is 13.4. The Balaban J connectivity index is 2.62. The number of hydrogen-bond acceptors (Lipinski definition) is 1. The van der Waals surface area contributed by atoms with Crippen LogP contribution in [0.15, 0.2) is 24.3 Å². The Labute approximate surface area is 170 Å². The van der Waals surface area contributed by atoms with Crippen molar-refractivity contribution in [2.24, 2.45) is 5.41 Å². The molecule has 27 heavy (non-hydrogen) atoms. The van der Waals surface area contributed by atoms with Crippen LogP contribution < -0.4 is 0 Å². The Bertz CT molecular complexity index is 439. The third kappa shape index (κ3) is 10.2. The van der Waals surface area contributed by atoms with Crippen LogP contribution in [0.4, 0.5) is 0 Å². The van der Waals surface area contributed by atoms with Gasteiger partial charge in [-0.25, -0.2) is 0 Å². The van der Waals surface area contributed by atoms with E-state index in [4.69, 9.17) is 0 Å². The molecule has 1 heteroatoms. The zero-order chi connectivity index (χ0) is 19.8. The molecule has 1 aromatic rings. The summed E-state index contributed by atoms with van der Waals surface area (Å²) in [5, 5.41) is 10.00. The lowest BCUT2D eigenvalue weighted by atomic mass is 9.70. The van der Waals surface area contributed by atoms with Crippen molar-refractivity contribution >= 4 is 0 Å². The van der Waals surface area contributed by atoms with E-state index in [1.54, 1.807) is 0 Å². The molecule has 0 radical (unpaired) electrons. The van der Waals surface area contributed by atoms with E-state index in [0.717, 1.165) is 12.0 Å². The quantitative estimate of drug-likeness (QED) is 0.270. The largest absolute Gasteiger partial charge is 0.508 e. The lowest BCUT2D eigenvalue weighted by Crippen LogP contribution is -2.21. The maximum atomic E-state index is 10.00. The Morgan fingerprint density at radius 3 is 1.52 bits per heavy atom. The van der Waals surface area contributed by atoms with Gasteiger partial charge in [0.05, 0.1) is 0 Å². The zero-order valence-electron chi connectivity index (χ0n) is 18.6. The lowest BCUT2D eigenvalue weighted by molar-refractivity contribution is 0.173. The minimum absolute atomic E-state index is 0.470. The van der Waals surface area contributed by atoms with E-state index in [0.29, 0.717) is 11.2 Å². The van der Waals surface area contributed by atoms with Crippen LogP contribution in [0, 0.1) is 5.41 Å². The molecule has 0 spiro atoms. The maximum absolute atomic E-state index is 10.00. The van der Waals surface area contributed by atoms with Crippen molar-refractivity contribution in [3.8, 4) is 5.75 Å². The van der Waals surface area contributed by atoms with Crippen molar-refractivity contribution in [1.82, 2.24) is 0 Å². The number of unbranched alkanes of at least 4 members (excludes halogenated alkanes) is 7. The molecule has 0 bridgehead atoms. The smallest absolute Gasteiger partial charge is 0.118 e. The summed E-state index contributed by atoms with van der Waals surface area (Å²) in [7, 11) is 0. The van der Waals surface area contributed by atoms with Crippen LogP contribution in [0.2, 0.25) is 0 Å². The summed E-state index contributed by atoms with van der Waals surface area (Å²) in [6.07, 6.45) is 21.6. The van der Waals surface area contributed by atoms with E-state index in [2.05, 4.69) is 26.8 Å². The van der Waals surface area contributed by atoms with E-state index in [1.807, 2.05) is 18.2 Å². The third-order valence-corrected chi connectivity index (χ3v) is 6.33. The average molecular weight is 375 g/mol. The molecule has 0 aliphatic heterocycles. The summed E-state index contributed by atoms with van der Waals surface area (Å²) < 4.78 is 0. The van der Waals surface area contributed by atoms with E-state index in [9.17, 15) is 5.11 Å². The van der Waals surface area contributed by atoms with Gasteiger partial charge in [-0.3, -0.25) is 0 Å². The molecule has 1 N–H and O–H groups in total. The van der Waals surface area contributed by atoms with Gasteiger partial charge in [-0.05, 0) is 55.6 Å². The molecule has 0 aliphatic rings. The highest BCUT2D eigenvalue weighted by atomic mass is 16.3. The van der Waals surface area contributed by atoms with Crippen molar-refractivity contribution in [3.63, 3.8) is 0 Å². The Morgan fingerprint density at radius 2 is 1.07 bits per heavy atom. The van der Waals surface area contributed by atoms with Crippen molar-refractivity contribution in [2.45, 2.75) is 124 Å². The number of para-hydroxylation sites is 1. The molecule has 0 atom stereocenters. The average Bonchev–Trinajstić information content (AvgIpc) is 2.67. The molecule has 0 saturated carbocycles. The molecule has 1 aromatic carbocycles. The first-order valence-electron chi connectivity index (χ1n) is 11.9. The first kappa shape index (κ1) is 24.1. The van der Waals surface area contributed by atoms with Crippen LogP contribution >= 0.6 is 0 Å². The summed E-state index contributed by atoms with van der Waals surface area (Å²) >= 11 is 0. The number of aryl methyl sites for hydroxylation is 1. The van der Waals surface area contributed by atoms with Gasteiger partial charge in [-0.2, -0.15) is 0 Å². The van der Waals surface area contributed by atoms with Gasteiger partial charge in [0.15, 0.2) is 0 Å². The third-order valence-electron chi connectivity index (χ3n) is 6.33. The van der Waals surface area contributed by atoms with Crippen molar-refractivity contribution in [3.05, 3.63) is 29.8 Å². The monoisotopic (exact) mass is 374 g/mol. The summed E-state index contributed by atoms with van der Waals surface area (Å²) in [4.78, 5) is 0. The molecule has 1 rings (SSSR count). The predicted octanol–water partition coefficient (Wildman–Crippen LogP) is 8.83. The van der Waals surface area contributed by atoms with Crippen molar-refractivity contribution in [1.29, 1.82) is 0 Å². The second kappa shape index (κ2) is 15.0. The second-order valence-electron chi connectivity index (χ2n) is 8.71. The molecule has 0 saturated heterocycles. The van der Waals surface area contributed by atoms with Gasteiger partial charge in [0.25, 0.3) is 0 Å². The van der Waals surface area contributed by atoms with Gasteiger partial charge >= 0.3 is 0 Å². The highest BCUT2D eigenvalue weighted by Crippen LogP contribution is 2.42. The second-order valence-corrected chi connectivity index (χ2v) is 8.71. The normalized spacial score (nSPS) is 11.8. The standard InChI is InChI=1S/C26H46O/c1-4-7-13-20-26(21-14-8-5-2,22-15-9-6-3)23-16-12-18-24-17-10-11-19-25(24)27/h10-11,17,19,27H,4-9,12-16,18,20-23H2,1-3H3. The van der Waals surface area contributed by atoms with Gasteiger partial charge in [-0.15, -0.1) is 0 Å². The van der Waals surface area contributed by atoms with Gasteiger partial charge in [0.1, 0.15) is 5.75 Å². The van der Waals surface area contributed by atoms with E-state index < -0.39 is 0 Å². The van der Waals surface area contributed by atoms with Crippen LogP contribution in [0.1, 0.15) is 123 Å². The molecular weight excluding hydrogens is 328 g/mol. The predicted molar refractivity (Wildman–Crippen MR) is 121 cm³/mol. The molecule has 1 nitrogen and oxygen atoms in total. The fourth-order valence-corrected chi connectivity index (χ4v) is 4.54. The van der Waals surface area contributed by atoms with E-state index in [-0.39, 0.29) is 0 Å². The van der Waals surface area contributed by atoms with E-state index >= 15 is 0 Å². The van der Waals surface area contributed by atoms with Gasteiger partial charge < -0.3 is 5.11 Å². The van der Waals surface area contributed by atoms with Crippen LogP contribution in [-0.2, 0) is 6.42 Å². The van der Waals surface area contributed by atoms with Crippen LogP contribution in [0.3, 0.4) is 0 Å². The number of phenolic OH excluding ortho intramolecular Hbond substituents is 1. The molecule has 0 amide bonds. The van der Waals surface area contributed by atoms with Crippen molar-refractivity contribution < 1.29 is 5.11 Å². The number of aromatic hydroxyl groups is 1. The molecule has 0 fully saturated rings. The number of phenols is 1.